The zero-order chi connectivity index (χ0) is 22.8. The topological polar surface area (TPSA) is 88.7 Å². The summed E-state index contributed by atoms with van der Waals surface area (Å²) in [6.07, 6.45) is 2.20. The van der Waals surface area contributed by atoms with Gasteiger partial charge in [-0.15, -0.1) is 0 Å². The van der Waals surface area contributed by atoms with Crippen LogP contribution in [0.5, 0.6) is 11.5 Å². The highest BCUT2D eigenvalue weighted by Crippen LogP contribution is 2.29. The van der Waals surface area contributed by atoms with Crippen LogP contribution < -0.4 is 25.4 Å². The Morgan fingerprint density at radius 2 is 1.81 bits per heavy atom. The first-order valence-corrected chi connectivity index (χ1v) is 10.6. The molecule has 0 bridgehead atoms. The second kappa shape index (κ2) is 12.3. The zero-order valence-electron chi connectivity index (χ0n) is 17.1. The molecule has 7 nitrogen and oxygen atoms in total. The van der Waals surface area contributed by atoms with Crippen LogP contribution in [-0.4, -0.2) is 30.6 Å². The van der Waals surface area contributed by atoms with E-state index in [1.54, 1.807) is 30.3 Å². The summed E-state index contributed by atoms with van der Waals surface area (Å²) in [5.74, 6) is 0.255. The van der Waals surface area contributed by atoms with Crippen LogP contribution in [0.15, 0.2) is 36.4 Å². The molecule has 0 atom stereocenters. The van der Waals surface area contributed by atoms with E-state index in [-0.39, 0.29) is 17.6 Å². The average Bonchev–Trinajstić information content (AvgIpc) is 2.72. The number of amides is 2. The molecular formula is C21H23Cl2N3O4S. The molecule has 0 fully saturated rings. The van der Waals surface area contributed by atoms with Gasteiger partial charge >= 0.3 is 0 Å². The van der Waals surface area contributed by atoms with Crippen molar-refractivity contribution in [1.82, 2.24) is 5.32 Å². The highest BCUT2D eigenvalue weighted by Gasteiger charge is 2.11. The van der Waals surface area contributed by atoms with E-state index in [0.717, 1.165) is 12.8 Å². The van der Waals surface area contributed by atoms with Crippen molar-refractivity contribution in [2.45, 2.75) is 26.2 Å². The highest BCUT2D eigenvalue weighted by atomic mass is 35.5. The van der Waals surface area contributed by atoms with Crippen molar-refractivity contribution < 1.29 is 19.1 Å². The number of anilines is 2. The first-order chi connectivity index (χ1) is 14.8. The Morgan fingerprint density at radius 1 is 1.03 bits per heavy atom. The lowest BCUT2D eigenvalue weighted by Crippen LogP contribution is -2.37. The van der Waals surface area contributed by atoms with Crippen molar-refractivity contribution >= 4 is 63.7 Å². The van der Waals surface area contributed by atoms with E-state index in [4.69, 9.17) is 44.9 Å². The zero-order valence-corrected chi connectivity index (χ0v) is 19.4. The number of carbonyl (C=O) groups is 2. The van der Waals surface area contributed by atoms with Gasteiger partial charge in [0.25, 0.3) is 5.91 Å². The minimum absolute atomic E-state index is 0.0792. The van der Waals surface area contributed by atoms with E-state index in [9.17, 15) is 9.59 Å². The van der Waals surface area contributed by atoms with Gasteiger partial charge in [-0.25, -0.2) is 0 Å². The summed E-state index contributed by atoms with van der Waals surface area (Å²) in [6, 6.07) is 9.77. The number of thiocarbonyl (C=S) groups is 1. The molecule has 0 saturated heterocycles. The van der Waals surface area contributed by atoms with Crippen molar-refractivity contribution in [3.05, 3.63) is 46.4 Å². The van der Waals surface area contributed by atoms with Gasteiger partial charge in [-0.05, 0) is 49.0 Å². The number of ether oxygens (including phenoxy) is 2. The van der Waals surface area contributed by atoms with Crippen LogP contribution in [0.4, 0.5) is 11.4 Å². The van der Waals surface area contributed by atoms with Crippen molar-refractivity contribution in [2.24, 2.45) is 0 Å². The number of methoxy groups -OCH3 is 1. The quantitative estimate of drug-likeness (QED) is 0.433. The molecule has 0 spiro atoms. The Bertz CT molecular complexity index is 956. The molecule has 166 valence electrons. The van der Waals surface area contributed by atoms with Crippen molar-refractivity contribution in [3.8, 4) is 11.5 Å². The molecule has 0 aliphatic heterocycles. The summed E-state index contributed by atoms with van der Waals surface area (Å²) in [6.45, 7) is 1.74. The molecule has 2 amide bonds. The van der Waals surface area contributed by atoms with Gasteiger partial charge < -0.3 is 20.1 Å². The molecule has 0 heterocycles. The lowest BCUT2D eigenvalue weighted by atomic mass is 10.2. The average molecular weight is 484 g/mol. The van der Waals surface area contributed by atoms with Crippen LogP contribution in [0.25, 0.3) is 0 Å². The number of nitrogens with one attached hydrogen (secondary N) is 3. The predicted octanol–water partition coefficient (Wildman–Crippen LogP) is 5.02. The van der Waals surface area contributed by atoms with Gasteiger partial charge in [0.05, 0.1) is 17.8 Å². The van der Waals surface area contributed by atoms with Crippen molar-refractivity contribution in [1.29, 1.82) is 0 Å². The lowest BCUT2D eigenvalue weighted by Gasteiger charge is -2.14. The fraction of sp³-hybridized carbons (Fsp3) is 0.286. The normalized spacial score (nSPS) is 10.2. The molecular weight excluding hydrogens is 461 g/mol. The van der Waals surface area contributed by atoms with E-state index in [0.29, 0.717) is 39.3 Å². The Kier molecular flexibility index (Phi) is 9.84. The summed E-state index contributed by atoms with van der Waals surface area (Å²) >= 11 is 17.0. The van der Waals surface area contributed by atoms with E-state index in [1.807, 2.05) is 6.92 Å². The molecule has 0 unspecified atom stereocenters. The highest BCUT2D eigenvalue weighted by molar-refractivity contribution is 7.80. The molecule has 0 aromatic heterocycles. The molecule has 2 rings (SSSR count). The fourth-order valence-corrected chi connectivity index (χ4v) is 3.18. The standard InChI is InChI=1S/C21H23Cl2N3O4S/c1-3-4-5-19(27)25-16-8-7-14(11-18(16)29-2)24-21(31)26-20(28)12-30-17-9-6-13(22)10-15(17)23/h6-11H,3-5,12H2,1-2H3,(H,25,27)(H2,24,26,28,31). The summed E-state index contributed by atoms with van der Waals surface area (Å²) in [4.78, 5) is 24.0. The molecule has 0 aliphatic rings. The lowest BCUT2D eigenvalue weighted by molar-refractivity contribution is -0.121. The second-order valence-corrected chi connectivity index (χ2v) is 7.68. The van der Waals surface area contributed by atoms with E-state index in [2.05, 4.69) is 16.0 Å². The minimum Gasteiger partial charge on any atom is -0.494 e. The Morgan fingerprint density at radius 3 is 2.48 bits per heavy atom. The first-order valence-electron chi connectivity index (χ1n) is 9.49. The molecule has 31 heavy (non-hydrogen) atoms. The van der Waals surface area contributed by atoms with Crippen LogP contribution in [0.2, 0.25) is 10.0 Å². The maximum absolute atomic E-state index is 12.1. The number of hydrogen-bond donors (Lipinski definition) is 3. The number of halogens is 2. The molecule has 10 heteroatoms. The third-order valence-electron chi connectivity index (χ3n) is 4.00. The van der Waals surface area contributed by atoms with E-state index >= 15 is 0 Å². The summed E-state index contributed by atoms with van der Waals surface area (Å²) < 4.78 is 10.7. The second-order valence-electron chi connectivity index (χ2n) is 6.43. The molecule has 2 aromatic carbocycles. The Balaban J connectivity index is 1.89. The van der Waals surface area contributed by atoms with Crippen molar-refractivity contribution in [3.63, 3.8) is 0 Å². The van der Waals surface area contributed by atoms with Crippen LogP contribution in [-0.2, 0) is 9.59 Å². The molecule has 2 aromatic rings. The Hall–Kier alpha value is -2.55. The SMILES string of the molecule is CCCCC(=O)Nc1ccc(NC(=S)NC(=O)COc2ccc(Cl)cc2Cl)cc1OC. The fourth-order valence-electron chi connectivity index (χ4n) is 2.48. The summed E-state index contributed by atoms with van der Waals surface area (Å²) in [5, 5.41) is 9.07. The maximum Gasteiger partial charge on any atom is 0.264 e. The van der Waals surface area contributed by atoms with E-state index < -0.39 is 5.91 Å². The van der Waals surface area contributed by atoms with Crippen LogP contribution in [0, 0.1) is 0 Å². The third kappa shape index (κ3) is 8.24. The maximum atomic E-state index is 12.1. The van der Waals surface area contributed by atoms with Gasteiger partial charge in [-0.2, -0.15) is 0 Å². The number of rotatable bonds is 9. The predicted molar refractivity (Wildman–Crippen MR) is 127 cm³/mol. The minimum atomic E-state index is -0.463. The smallest absolute Gasteiger partial charge is 0.264 e. The molecule has 0 saturated carbocycles. The van der Waals surface area contributed by atoms with Gasteiger partial charge in [-0.1, -0.05) is 36.5 Å². The number of carbonyl (C=O) groups excluding carboxylic acids is 2. The molecule has 0 aliphatic carbocycles. The van der Waals surface area contributed by atoms with Gasteiger partial charge in [0, 0.05) is 23.2 Å². The van der Waals surface area contributed by atoms with Gasteiger partial charge in [0.15, 0.2) is 11.7 Å². The molecule has 3 N–H and O–H groups in total. The number of hydrogen-bond acceptors (Lipinski definition) is 5. The summed E-state index contributed by atoms with van der Waals surface area (Å²) in [7, 11) is 1.50. The van der Waals surface area contributed by atoms with Gasteiger partial charge in [0.1, 0.15) is 11.5 Å². The number of benzene rings is 2. The van der Waals surface area contributed by atoms with Crippen LogP contribution >= 0.6 is 35.4 Å². The largest absolute Gasteiger partial charge is 0.494 e. The van der Waals surface area contributed by atoms with Gasteiger partial charge in [-0.3, -0.25) is 14.9 Å². The van der Waals surface area contributed by atoms with Crippen LogP contribution in [0.1, 0.15) is 26.2 Å². The molecule has 0 radical (unpaired) electrons. The Labute approximate surface area is 196 Å². The first kappa shape index (κ1) is 24.7. The van der Waals surface area contributed by atoms with Gasteiger partial charge in [0.2, 0.25) is 5.91 Å². The third-order valence-corrected chi connectivity index (χ3v) is 4.73. The summed E-state index contributed by atoms with van der Waals surface area (Å²) in [5.41, 5.74) is 1.13. The van der Waals surface area contributed by atoms with Crippen LogP contribution in [0.3, 0.4) is 0 Å². The monoisotopic (exact) mass is 483 g/mol. The number of unbranched alkanes of at least 4 members (excludes halogenated alkanes) is 1. The van der Waals surface area contributed by atoms with Crippen molar-refractivity contribution in [2.75, 3.05) is 24.4 Å². The van der Waals surface area contributed by atoms with E-state index in [1.165, 1.54) is 13.2 Å².